The van der Waals surface area contributed by atoms with Crippen molar-refractivity contribution in [3.8, 4) is 17.3 Å². The van der Waals surface area contributed by atoms with Crippen molar-refractivity contribution in [2.24, 2.45) is 0 Å². The molecule has 0 spiro atoms. The van der Waals surface area contributed by atoms with E-state index >= 15 is 0 Å². The fourth-order valence-electron chi connectivity index (χ4n) is 2.01. The number of aromatic nitrogens is 1. The Morgan fingerprint density at radius 1 is 1.18 bits per heavy atom. The van der Waals surface area contributed by atoms with Gasteiger partial charge in [-0.3, -0.25) is 4.79 Å². The van der Waals surface area contributed by atoms with Gasteiger partial charge in [-0.15, -0.1) is 0 Å². The van der Waals surface area contributed by atoms with Gasteiger partial charge in [-0.05, 0) is 18.6 Å². The molecule has 0 saturated carbocycles. The number of amides is 1. The highest BCUT2D eigenvalue weighted by Crippen LogP contribution is 2.21. The summed E-state index contributed by atoms with van der Waals surface area (Å²) in [4.78, 5) is 15.3. The smallest absolute Gasteiger partial charge is 0.216 e. The molecule has 2 N–H and O–H groups in total. The number of benzene rings is 1. The average molecular weight is 294 g/mol. The molecule has 1 aromatic heterocycles. The van der Waals surface area contributed by atoms with Crippen molar-refractivity contribution in [2.75, 3.05) is 18.4 Å². The van der Waals surface area contributed by atoms with Gasteiger partial charge in [0, 0.05) is 25.6 Å². The van der Waals surface area contributed by atoms with Gasteiger partial charge in [0.15, 0.2) is 0 Å². The van der Waals surface area contributed by atoms with E-state index in [0.29, 0.717) is 24.5 Å². The van der Waals surface area contributed by atoms with Crippen LogP contribution in [0.25, 0.3) is 11.3 Å². The predicted octanol–water partition coefficient (Wildman–Crippen LogP) is 2.56. The molecular weight excluding hydrogens is 276 g/mol. The molecule has 0 saturated heterocycles. The maximum atomic E-state index is 10.8. The van der Waals surface area contributed by atoms with Crippen molar-refractivity contribution < 1.29 is 4.79 Å². The summed E-state index contributed by atoms with van der Waals surface area (Å²) in [5.74, 6) is 0.536. The lowest BCUT2D eigenvalue weighted by atomic mass is 10.1. The Morgan fingerprint density at radius 3 is 2.64 bits per heavy atom. The summed E-state index contributed by atoms with van der Waals surface area (Å²) < 4.78 is 0. The minimum absolute atomic E-state index is 0.0399. The fourth-order valence-corrected chi connectivity index (χ4v) is 2.01. The number of hydrogen-bond acceptors (Lipinski definition) is 4. The van der Waals surface area contributed by atoms with E-state index in [-0.39, 0.29) is 5.91 Å². The molecule has 5 nitrogen and oxygen atoms in total. The van der Waals surface area contributed by atoms with Gasteiger partial charge in [-0.1, -0.05) is 30.3 Å². The molecule has 22 heavy (non-hydrogen) atoms. The number of carbonyl (C=O) groups is 1. The van der Waals surface area contributed by atoms with E-state index in [9.17, 15) is 4.79 Å². The highest BCUT2D eigenvalue weighted by atomic mass is 16.1. The van der Waals surface area contributed by atoms with E-state index in [0.717, 1.165) is 17.7 Å². The second-order valence-electron chi connectivity index (χ2n) is 4.83. The zero-order chi connectivity index (χ0) is 15.8. The topological polar surface area (TPSA) is 77.8 Å². The molecule has 1 heterocycles. The van der Waals surface area contributed by atoms with Gasteiger partial charge in [-0.2, -0.15) is 5.26 Å². The third-order valence-corrected chi connectivity index (χ3v) is 3.11. The van der Waals surface area contributed by atoms with E-state index in [1.165, 1.54) is 6.92 Å². The molecule has 1 aromatic carbocycles. The molecule has 5 heteroatoms. The van der Waals surface area contributed by atoms with Crippen LogP contribution >= 0.6 is 0 Å². The number of pyridine rings is 1. The Hall–Kier alpha value is -2.87. The summed E-state index contributed by atoms with van der Waals surface area (Å²) in [6, 6.07) is 15.6. The molecule has 2 rings (SSSR count). The summed E-state index contributed by atoms with van der Waals surface area (Å²) in [5, 5.41) is 15.1. The minimum atomic E-state index is -0.0399. The van der Waals surface area contributed by atoms with E-state index in [4.69, 9.17) is 5.26 Å². The van der Waals surface area contributed by atoms with Crippen LogP contribution in [0.2, 0.25) is 0 Å². The maximum Gasteiger partial charge on any atom is 0.216 e. The van der Waals surface area contributed by atoms with Crippen molar-refractivity contribution in [1.29, 1.82) is 5.26 Å². The summed E-state index contributed by atoms with van der Waals surface area (Å²) in [6.07, 6.45) is 0.766. The molecule has 0 bridgehead atoms. The number of hydrogen-bond donors (Lipinski definition) is 2. The second kappa shape index (κ2) is 7.79. The summed E-state index contributed by atoms with van der Waals surface area (Å²) in [7, 11) is 0. The molecular formula is C17H18N4O. The Balaban J connectivity index is 2.06. The second-order valence-corrected chi connectivity index (χ2v) is 4.83. The Labute approximate surface area is 130 Å². The number of nitrogens with zero attached hydrogens (tertiary/aromatic N) is 2. The molecule has 0 radical (unpaired) electrons. The molecule has 0 atom stereocenters. The number of carbonyl (C=O) groups excluding carboxylic acids is 1. The lowest BCUT2D eigenvalue weighted by molar-refractivity contribution is -0.118. The van der Waals surface area contributed by atoms with Crippen LogP contribution in [0.4, 0.5) is 5.82 Å². The van der Waals surface area contributed by atoms with E-state index in [1.807, 2.05) is 36.4 Å². The molecule has 112 valence electrons. The van der Waals surface area contributed by atoms with Crippen LogP contribution in [0.3, 0.4) is 0 Å². The van der Waals surface area contributed by atoms with Gasteiger partial charge < -0.3 is 10.6 Å². The zero-order valence-electron chi connectivity index (χ0n) is 12.5. The van der Waals surface area contributed by atoms with Crippen LogP contribution in [0.5, 0.6) is 0 Å². The highest BCUT2D eigenvalue weighted by Gasteiger charge is 2.06. The number of nitrogens with one attached hydrogen (secondary N) is 2. The number of nitriles is 1. The molecule has 2 aromatic rings. The summed E-state index contributed by atoms with van der Waals surface area (Å²) >= 11 is 0. The van der Waals surface area contributed by atoms with Gasteiger partial charge in [0.2, 0.25) is 5.91 Å². The number of anilines is 1. The average Bonchev–Trinajstić information content (AvgIpc) is 2.55. The fraction of sp³-hybridized carbons (Fsp3) is 0.235. The van der Waals surface area contributed by atoms with Gasteiger partial charge in [0.05, 0.1) is 11.3 Å². The van der Waals surface area contributed by atoms with Gasteiger partial charge >= 0.3 is 0 Å². The van der Waals surface area contributed by atoms with Crippen LogP contribution < -0.4 is 10.6 Å². The molecule has 0 fully saturated rings. The Morgan fingerprint density at radius 2 is 1.95 bits per heavy atom. The van der Waals surface area contributed by atoms with E-state index < -0.39 is 0 Å². The molecule has 0 aliphatic carbocycles. The van der Waals surface area contributed by atoms with Crippen molar-refractivity contribution >= 4 is 11.7 Å². The van der Waals surface area contributed by atoms with Gasteiger partial charge in [0.1, 0.15) is 11.9 Å². The van der Waals surface area contributed by atoms with E-state index in [1.54, 1.807) is 6.07 Å². The third-order valence-electron chi connectivity index (χ3n) is 3.11. The van der Waals surface area contributed by atoms with Crippen LogP contribution in [0.1, 0.15) is 18.9 Å². The van der Waals surface area contributed by atoms with Crippen LogP contribution in [0, 0.1) is 11.3 Å². The zero-order valence-corrected chi connectivity index (χ0v) is 12.5. The lowest BCUT2D eigenvalue weighted by Crippen LogP contribution is -2.22. The first kappa shape index (κ1) is 15.5. The Bertz CT molecular complexity index is 677. The first-order valence-corrected chi connectivity index (χ1v) is 7.15. The monoisotopic (exact) mass is 294 g/mol. The van der Waals surface area contributed by atoms with Crippen molar-refractivity contribution in [3.63, 3.8) is 0 Å². The maximum absolute atomic E-state index is 10.8. The molecule has 0 aliphatic heterocycles. The molecule has 0 unspecified atom stereocenters. The SMILES string of the molecule is CC(=O)NCCCNc1nc(-c2ccccc2)ccc1C#N. The van der Waals surface area contributed by atoms with Crippen molar-refractivity contribution in [2.45, 2.75) is 13.3 Å². The normalized spacial score (nSPS) is 9.82. The summed E-state index contributed by atoms with van der Waals surface area (Å²) in [6.45, 7) is 2.73. The van der Waals surface area contributed by atoms with Crippen LogP contribution in [0.15, 0.2) is 42.5 Å². The standard InChI is InChI=1S/C17H18N4O/c1-13(22)19-10-5-11-20-17-15(12-18)8-9-16(21-17)14-6-3-2-4-7-14/h2-4,6-9H,5,10-11H2,1H3,(H,19,22)(H,20,21). The lowest BCUT2D eigenvalue weighted by Gasteiger charge is -2.09. The van der Waals surface area contributed by atoms with Crippen molar-refractivity contribution in [1.82, 2.24) is 10.3 Å². The van der Waals surface area contributed by atoms with Crippen LogP contribution in [-0.2, 0) is 4.79 Å². The van der Waals surface area contributed by atoms with Gasteiger partial charge in [-0.25, -0.2) is 4.98 Å². The molecule has 1 amide bonds. The third kappa shape index (κ3) is 4.32. The predicted molar refractivity (Wildman–Crippen MR) is 86.2 cm³/mol. The quantitative estimate of drug-likeness (QED) is 0.803. The Kier molecular flexibility index (Phi) is 5.50. The summed E-state index contributed by atoms with van der Waals surface area (Å²) in [5.41, 5.74) is 2.34. The van der Waals surface area contributed by atoms with Crippen molar-refractivity contribution in [3.05, 3.63) is 48.0 Å². The largest absolute Gasteiger partial charge is 0.369 e. The molecule has 0 aliphatic rings. The number of rotatable bonds is 6. The minimum Gasteiger partial charge on any atom is -0.369 e. The first-order chi connectivity index (χ1) is 10.7. The van der Waals surface area contributed by atoms with E-state index in [2.05, 4.69) is 21.7 Å². The van der Waals surface area contributed by atoms with Crippen LogP contribution in [-0.4, -0.2) is 24.0 Å². The highest BCUT2D eigenvalue weighted by molar-refractivity contribution is 5.72. The first-order valence-electron chi connectivity index (χ1n) is 7.15. The van der Waals surface area contributed by atoms with Gasteiger partial charge in [0.25, 0.3) is 0 Å².